The van der Waals surface area contributed by atoms with Crippen LogP contribution in [0.1, 0.15) is 51.3 Å². The standard InChI is InChI=1S/C34H43N6O12P/c1-18(30(42)47-5)20-6-7-22-15-24(9-8-21(22)14-20)52-53(45,39-19(2)31(43)50-23-10-12-48-13-11-23)49-16-25-27(41)34(3,44)32(51-25)40-17-36-26-28(40)37-33(35)38-29(26)46-4/h6-9,14-15,17-19,23,25,27,32,41,44H,10-13,16H2,1-5H3,(H,39,45)(H2,35,37,38)/t18-,19?,25+,27+,32?,34+,53?/m0/s1. The van der Waals surface area contributed by atoms with Gasteiger partial charge in [-0.15, -0.1) is 0 Å². The molecule has 7 atom stereocenters. The molecule has 0 bridgehead atoms. The number of hydrogen-bond donors (Lipinski definition) is 4. The number of esters is 2. The fourth-order valence-electron chi connectivity index (χ4n) is 6.23. The minimum atomic E-state index is -4.46. The van der Waals surface area contributed by atoms with Gasteiger partial charge < -0.3 is 44.2 Å². The zero-order chi connectivity index (χ0) is 38.1. The summed E-state index contributed by atoms with van der Waals surface area (Å²) in [6.45, 7) is 4.89. The number of nitrogens with one attached hydrogen (secondary N) is 1. The predicted molar refractivity (Wildman–Crippen MR) is 188 cm³/mol. The number of aromatic nitrogens is 4. The van der Waals surface area contributed by atoms with E-state index in [1.807, 2.05) is 6.07 Å². The Balaban J connectivity index is 1.24. The number of nitrogens with zero attached hydrogens (tertiary/aromatic N) is 4. The number of benzene rings is 2. The molecule has 2 aromatic heterocycles. The molecule has 0 radical (unpaired) electrons. The van der Waals surface area contributed by atoms with Crippen molar-refractivity contribution in [1.82, 2.24) is 24.6 Å². The number of hydrogen-bond acceptors (Lipinski definition) is 16. The Hall–Kier alpha value is -4.42. The van der Waals surface area contributed by atoms with Crippen LogP contribution in [0.2, 0.25) is 0 Å². The number of ether oxygens (including phenoxy) is 5. The zero-order valence-corrected chi connectivity index (χ0v) is 30.7. The van der Waals surface area contributed by atoms with Crippen LogP contribution in [0, 0.1) is 0 Å². The Morgan fingerprint density at radius 3 is 2.55 bits per heavy atom. The summed E-state index contributed by atoms with van der Waals surface area (Å²) < 4.78 is 54.9. The van der Waals surface area contributed by atoms with E-state index in [2.05, 4.69) is 20.0 Å². The van der Waals surface area contributed by atoms with E-state index in [1.165, 1.54) is 39.0 Å². The van der Waals surface area contributed by atoms with E-state index in [-0.39, 0.29) is 40.8 Å². The van der Waals surface area contributed by atoms with E-state index in [9.17, 15) is 24.4 Å². The highest BCUT2D eigenvalue weighted by molar-refractivity contribution is 7.52. The molecule has 0 spiro atoms. The third kappa shape index (κ3) is 8.08. The van der Waals surface area contributed by atoms with Crippen molar-refractivity contribution in [1.29, 1.82) is 0 Å². The second-order valence-electron chi connectivity index (χ2n) is 13.1. The van der Waals surface area contributed by atoms with E-state index < -0.39 is 56.3 Å². The molecule has 2 aliphatic rings. The molecule has 2 fully saturated rings. The number of aliphatic hydroxyl groups is 2. The number of aliphatic hydroxyl groups excluding tert-OH is 1. The molecule has 2 aromatic carbocycles. The SMILES string of the molecule is COC(=O)[C@@H](C)c1ccc2cc(OP(=O)(NC(C)C(=O)OC3CCOCC3)OC[C@H]3OC(n4cnc5c(OC)nc(N)nc54)[C@](C)(O)[C@@H]3O)ccc2c1. The van der Waals surface area contributed by atoms with Crippen LogP contribution in [0.3, 0.4) is 0 Å². The number of methoxy groups -OCH3 is 2. The van der Waals surface area contributed by atoms with Crippen molar-refractivity contribution >= 4 is 47.6 Å². The van der Waals surface area contributed by atoms with Gasteiger partial charge in [0.2, 0.25) is 11.8 Å². The van der Waals surface area contributed by atoms with Crippen LogP contribution in [0.5, 0.6) is 11.6 Å². The number of carbonyl (C=O) groups is 2. The number of carbonyl (C=O) groups excluding carboxylic acids is 2. The van der Waals surface area contributed by atoms with E-state index in [4.69, 9.17) is 38.5 Å². The van der Waals surface area contributed by atoms with Crippen molar-refractivity contribution in [3.05, 3.63) is 48.3 Å². The Bertz CT molecular complexity index is 2020. The lowest BCUT2D eigenvalue weighted by Crippen LogP contribution is -2.44. The molecule has 2 aliphatic heterocycles. The summed E-state index contributed by atoms with van der Waals surface area (Å²) in [4.78, 5) is 37.7. The monoisotopic (exact) mass is 758 g/mol. The number of fused-ring (bicyclic) bond motifs is 2. The summed E-state index contributed by atoms with van der Waals surface area (Å²) in [6.07, 6.45) is -2.08. The number of nitrogen functional groups attached to an aromatic ring is 1. The van der Waals surface area contributed by atoms with Crippen LogP contribution >= 0.6 is 7.75 Å². The largest absolute Gasteiger partial charge is 0.479 e. The van der Waals surface area contributed by atoms with Gasteiger partial charge in [-0.2, -0.15) is 15.1 Å². The van der Waals surface area contributed by atoms with Gasteiger partial charge in [0.05, 0.1) is 46.3 Å². The summed E-state index contributed by atoms with van der Waals surface area (Å²) in [6, 6.07) is 9.14. The van der Waals surface area contributed by atoms with Crippen molar-refractivity contribution in [3.8, 4) is 11.6 Å². The van der Waals surface area contributed by atoms with Crippen LogP contribution in [-0.2, 0) is 37.6 Å². The highest BCUT2D eigenvalue weighted by Gasteiger charge is 2.54. The van der Waals surface area contributed by atoms with Gasteiger partial charge in [0.15, 0.2) is 17.4 Å². The molecular weight excluding hydrogens is 715 g/mol. The average molecular weight is 759 g/mol. The molecule has 4 heterocycles. The topological polar surface area (TPSA) is 238 Å². The van der Waals surface area contributed by atoms with E-state index >= 15 is 0 Å². The lowest BCUT2D eigenvalue weighted by Gasteiger charge is -2.28. The highest BCUT2D eigenvalue weighted by atomic mass is 31.2. The van der Waals surface area contributed by atoms with Crippen LogP contribution in [0.15, 0.2) is 42.7 Å². The van der Waals surface area contributed by atoms with Gasteiger partial charge in [0.25, 0.3) is 0 Å². The molecule has 0 aliphatic carbocycles. The van der Waals surface area contributed by atoms with Gasteiger partial charge in [-0.25, -0.2) is 9.55 Å². The summed E-state index contributed by atoms with van der Waals surface area (Å²) in [5.74, 6) is -1.44. The molecule has 4 aromatic rings. The maximum absolute atomic E-state index is 14.5. The quantitative estimate of drug-likeness (QED) is 0.113. The summed E-state index contributed by atoms with van der Waals surface area (Å²) in [7, 11) is -1.75. The van der Waals surface area contributed by atoms with Gasteiger partial charge in [-0.05, 0) is 49.2 Å². The van der Waals surface area contributed by atoms with Crippen molar-refractivity contribution in [2.75, 3.05) is 39.8 Å². The second kappa shape index (κ2) is 15.5. The molecule has 3 unspecified atom stereocenters. The maximum atomic E-state index is 14.5. The third-order valence-electron chi connectivity index (χ3n) is 9.29. The Morgan fingerprint density at radius 2 is 1.83 bits per heavy atom. The van der Waals surface area contributed by atoms with E-state index in [0.717, 1.165) is 10.9 Å². The molecule has 0 amide bonds. The second-order valence-corrected chi connectivity index (χ2v) is 14.8. The highest BCUT2D eigenvalue weighted by Crippen LogP contribution is 2.48. The normalized spacial score (nSPS) is 24.4. The fourth-order valence-corrected chi connectivity index (χ4v) is 7.72. The Labute approximate surface area is 304 Å². The van der Waals surface area contributed by atoms with Crippen LogP contribution in [0.4, 0.5) is 5.95 Å². The minimum Gasteiger partial charge on any atom is -0.479 e. The number of nitrogens with two attached hydrogens (primary N) is 1. The molecule has 53 heavy (non-hydrogen) atoms. The summed E-state index contributed by atoms with van der Waals surface area (Å²) >= 11 is 0. The third-order valence-corrected chi connectivity index (χ3v) is 10.9. The number of anilines is 1. The van der Waals surface area contributed by atoms with Crippen LogP contribution in [-0.4, -0.2) is 106 Å². The molecule has 0 saturated carbocycles. The zero-order valence-electron chi connectivity index (χ0n) is 29.8. The number of imidazole rings is 1. The molecule has 286 valence electrons. The predicted octanol–water partition coefficient (Wildman–Crippen LogP) is 2.76. The van der Waals surface area contributed by atoms with Gasteiger partial charge in [0, 0.05) is 12.8 Å². The van der Waals surface area contributed by atoms with Gasteiger partial charge in [-0.1, -0.05) is 24.3 Å². The molecular formula is C34H43N6O12P. The van der Waals surface area contributed by atoms with Gasteiger partial charge >= 0.3 is 19.7 Å². The lowest BCUT2D eigenvalue weighted by atomic mass is 9.96. The van der Waals surface area contributed by atoms with E-state index in [1.54, 1.807) is 37.3 Å². The Morgan fingerprint density at radius 1 is 1.11 bits per heavy atom. The van der Waals surface area contributed by atoms with Crippen LogP contribution in [0.25, 0.3) is 21.9 Å². The first-order chi connectivity index (χ1) is 25.2. The molecule has 6 rings (SSSR count). The first-order valence-electron chi connectivity index (χ1n) is 16.9. The Kier molecular flexibility index (Phi) is 11.2. The smallest absolute Gasteiger partial charge is 0.459 e. The fraction of sp³-hybridized carbons (Fsp3) is 0.500. The molecule has 5 N–H and O–H groups in total. The number of rotatable bonds is 13. The maximum Gasteiger partial charge on any atom is 0.459 e. The minimum absolute atomic E-state index is 0.0998. The first-order valence-corrected chi connectivity index (χ1v) is 18.5. The lowest BCUT2D eigenvalue weighted by molar-refractivity contribution is -0.154. The first kappa shape index (κ1) is 38.3. The molecule has 2 saturated heterocycles. The molecule has 18 nitrogen and oxygen atoms in total. The summed E-state index contributed by atoms with van der Waals surface area (Å²) in [5, 5.41) is 26.8. The van der Waals surface area contributed by atoms with Crippen molar-refractivity contribution in [2.24, 2.45) is 0 Å². The van der Waals surface area contributed by atoms with Crippen molar-refractivity contribution < 1.29 is 57.1 Å². The molecule has 19 heteroatoms. The van der Waals surface area contributed by atoms with E-state index in [0.29, 0.717) is 31.4 Å². The van der Waals surface area contributed by atoms with Gasteiger partial charge in [-0.3, -0.25) is 18.7 Å². The van der Waals surface area contributed by atoms with Gasteiger partial charge in [0.1, 0.15) is 35.7 Å². The van der Waals surface area contributed by atoms with Crippen molar-refractivity contribution in [3.63, 3.8) is 0 Å². The van der Waals surface area contributed by atoms with Crippen LogP contribution < -0.4 is 20.1 Å². The summed E-state index contributed by atoms with van der Waals surface area (Å²) in [5.41, 5.74) is 5.08. The average Bonchev–Trinajstić information content (AvgIpc) is 3.66. The van der Waals surface area contributed by atoms with Crippen molar-refractivity contribution in [2.45, 2.75) is 75.7 Å².